The van der Waals surface area contributed by atoms with Gasteiger partial charge in [-0.3, -0.25) is 0 Å². The van der Waals surface area contributed by atoms with Gasteiger partial charge in [0.2, 0.25) is 0 Å². The van der Waals surface area contributed by atoms with Crippen molar-refractivity contribution in [1.82, 2.24) is 0 Å². The number of unbranched alkanes of at least 4 members (excludes halogenated alkanes) is 1. The summed E-state index contributed by atoms with van der Waals surface area (Å²) in [6.07, 6.45) is 5.03. The Hall–Kier alpha value is -1.77. The molecule has 0 saturated heterocycles. The SMILES string of the molecule is CCCCc1ccc(C2CCc3cc(F)c(F)cc3C2)c(F)c1. The van der Waals surface area contributed by atoms with Crippen molar-refractivity contribution >= 4 is 0 Å². The molecule has 0 N–H and O–H groups in total. The lowest BCUT2D eigenvalue weighted by Crippen LogP contribution is -2.15. The largest absolute Gasteiger partial charge is 0.207 e. The van der Waals surface area contributed by atoms with Crippen LogP contribution in [0.4, 0.5) is 13.2 Å². The van der Waals surface area contributed by atoms with E-state index in [0.29, 0.717) is 18.4 Å². The lowest BCUT2D eigenvalue weighted by molar-refractivity contribution is 0.492. The maximum atomic E-state index is 14.4. The van der Waals surface area contributed by atoms with E-state index >= 15 is 0 Å². The Morgan fingerprint density at radius 1 is 0.957 bits per heavy atom. The topological polar surface area (TPSA) is 0 Å². The van der Waals surface area contributed by atoms with Gasteiger partial charge in [0.1, 0.15) is 5.82 Å². The molecule has 2 aromatic carbocycles. The molecule has 0 heterocycles. The third-order valence-electron chi connectivity index (χ3n) is 4.79. The third kappa shape index (κ3) is 3.44. The van der Waals surface area contributed by atoms with E-state index < -0.39 is 11.6 Å². The first-order valence-electron chi connectivity index (χ1n) is 8.33. The normalized spacial score (nSPS) is 17.1. The molecule has 1 aliphatic rings. The Morgan fingerprint density at radius 3 is 2.39 bits per heavy atom. The van der Waals surface area contributed by atoms with Crippen LogP contribution in [0.3, 0.4) is 0 Å². The van der Waals surface area contributed by atoms with Crippen molar-refractivity contribution in [3.8, 4) is 0 Å². The zero-order chi connectivity index (χ0) is 16.4. The minimum atomic E-state index is -0.820. The molecular formula is C20H21F3. The van der Waals surface area contributed by atoms with E-state index in [1.54, 1.807) is 6.07 Å². The predicted octanol–water partition coefficient (Wildman–Crippen LogP) is 5.72. The summed E-state index contributed by atoms with van der Waals surface area (Å²) >= 11 is 0. The number of halogens is 3. The first-order chi connectivity index (χ1) is 11.1. The number of fused-ring (bicyclic) bond motifs is 1. The van der Waals surface area contributed by atoms with E-state index in [-0.39, 0.29) is 11.7 Å². The van der Waals surface area contributed by atoms with E-state index in [2.05, 4.69) is 6.92 Å². The molecule has 0 saturated carbocycles. The van der Waals surface area contributed by atoms with Crippen molar-refractivity contribution in [2.45, 2.75) is 51.4 Å². The second-order valence-electron chi connectivity index (χ2n) is 6.43. The standard InChI is InChI=1S/C20H21F3/c1-2-3-4-13-5-8-17(18(21)9-13)15-7-6-14-11-19(22)20(23)12-16(14)10-15/h5,8-9,11-12,15H,2-4,6-7,10H2,1H3. The van der Waals surface area contributed by atoms with Crippen LogP contribution in [0, 0.1) is 17.5 Å². The van der Waals surface area contributed by atoms with E-state index in [4.69, 9.17) is 0 Å². The average Bonchev–Trinajstić information content (AvgIpc) is 2.54. The van der Waals surface area contributed by atoms with Crippen molar-refractivity contribution < 1.29 is 13.2 Å². The van der Waals surface area contributed by atoms with Gasteiger partial charge in [-0.15, -0.1) is 0 Å². The van der Waals surface area contributed by atoms with Gasteiger partial charge in [-0.1, -0.05) is 25.5 Å². The Morgan fingerprint density at radius 2 is 1.70 bits per heavy atom. The van der Waals surface area contributed by atoms with Crippen molar-refractivity contribution in [1.29, 1.82) is 0 Å². The highest BCUT2D eigenvalue weighted by Gasteiger charge is 2.24. The average molecular weight is 318 g/mol. The quantitative estimate of drug-likeness (QED) is 0.676. The minimum absolute atomic E-state index is 0.0348. The Labute approximate surface area is 135 Å². The molecule has 0 amide bonds. The molecule has 3 rings (SSSR count). The van der Waals surface area contributed by atoms with Gasteiger partial charge in [0.15, 0.2) is 11.6 Å². The molecule has 0 radical (unpaired) electrons. The molecule has 2 aromatic rings. The fraction of sp³-hybridized carbons (Fsp3) is 0.400. The van der Waals surface area contributed by atoms with E-state index in [9.17, 15) is 13.2 Å². The maximum absolute atomic E-state index is 14.4. The molecule has 0 bridgehead atoms. The molecule has 1 aliphatic carbocycles. The molecule has 0 fully saturated rings. The van der Waals surface area contributed by atoms with Crippen LogP contribution in [-0.4, -0.2) is 0 Å². The lowest BCUT2D eigenvalue weighted by atomic mass is 9.79. The molecule has 0 aliphatic heterocycles. The fourth-order valence-corrected chi connectivity index (χ4v) is 3.45. The van der Waals surface area contributed by atoms with Crippen LogP contribution in [0.1, 0.15) is 54.4 Å². The molecule has 1 unspecified atom stereocenters. The van der Waals surface area contributed by atoms with Crippen LogP contribution < -0.4 is 0 Å². The predicted molar refractivity (Wildman–Crippen MR) is 86.1 cm³/mol. The van der Waals surface area contributed by atoms with Crippen LogP contribution in [-0.2, 0) is 19.3 Å². The summed E-state index contributed by atoms with van der Waals surface area (Å²) in [5, 5.41) is 0. The molecule has 0 nitrogen and oxygen atoms in total. The monoisotopic (exact) mass is 318 g/mol. The summed E-state index contributed by atoms with van der Waals surface area (Å²) in [5.74, 6) is -1.75. The molecule has 1 atom stereocenters. The van der Waals surface area contributed by atoms with Crippen LogP contribution in [0.25, 0.3) is 0 Å². The first-order valence-corrected chi connectivity index (χ1v) is 8.33. The zero-order valence-corrected chi connectivity index (χ0v) is 13.3. The second kappa shape index (κ2) is 6.77. The van der Waals surface area contributed by atoms with Gasteiger partial charge in [-0.25, -0.2) is 13.2 Å². The van der Waals surface area contributed by atoms with Crippen LogP contribution in [0.15, 0.2) is 30.3 Å². The minimum Gasteiger partial charge on any atom is -0.207 e. The van der Waals surface area contributed by atoms with E-state index in [1.807, 2.05) is 12.1 Å². The van der Waals surface area contributed by atoms with Gasteiger partial charge in [-0.05, 0) is 78.5 Å². The Balaban J connectivity index is 1.82. The van der Waals surface area contributed by atoms with E-state index in [0.717, 1.165) is 42.4 Å². The summed E-state index contributed by atoms with van der Waals surface area (Å²) in [4.78, 5) is 0. The smallest absolute Gasteiger partial charge is 0.159 e. The van der Waals surface area contributed by atoms with E-state index in [1.165, 1.54) is 12.1 Å². The van der Waals surface area contributed by atoms with Gasteiger partial charge < -0.3 is 0 Å². The maximum Gasteiger partial charge on any atom is 0.159 e. The molecule has 23 heavy (non-hydrogen) atoms. The van der Waals surface area contributed by atoms with Gasteiger partial charge in [0, 0.05) is 0 Å². The third-order valence-corrected chi connectivity index (χ3v) is 4.79. The van der Waals surface area contributed by atoms with Gasteiger partial charge in [-0.2, -0.15) is 0 Å². The van der Waals surface area contributed by atoms with Crippen molar-refractivity contribution in [3.05, 3.63) is 70.0 Å². The highest BCUT2D eigenvalue weighted by atomic mass is 19.2. The molecule has 122 valence electrons. The highest BCUT2D eigenvalue weighted by Crippen LogP contribution is 2.35. The van der Waals surface area contributed by atoms with Gasteiger partial charge >= 0.3 is 0 Å². The van der Waals surface area contributed by atoms with Crippen LogP contribution >= 0.6 is 0 Å². The molecule has 3 heteroatoms. The molecule has 0 aromatic heterocycles. The van der Waals surface area contributed by atoms with Crippen LogP contribution in [0.5, 0.6) is 0 Å². The number of benzene rings is 2. The molecule has 0 spiro atoms. The van der Waals surface area contributed by atoms with Gasteiger partial charge in [0.25, 0.3) is 0 Å². The fourth-order valence-electron chi connectivity index (χ4n) is 3.45. The van der Waals surface area contributed by atoms with Crippen molar-refractivity contribution in [3.63, 3.8) is 0 Å². The summed E-state index contributed by atoms with van der Waals surface area (Å²) in [6.45, 7) is 2.12. The van der Waals surface area contributed by atoms with Crippen LogP contribution in [0.2, 0.25) is 0 Å². The summed E-state index contributed by atoms with van der Waals surface area (Å²) < 4.78 is 41.2. The first kappa shape index (κ1) is 16.1. The Kier molecular flexibility index (Phi) is 4.74. The summed E-state index contributed by atoms with van der Waals surface area (Å²) in [5.41, 5.74) is 3.37. The number of rotatable bonds is 4. The second-order valence-corrected chi connectivity index (χ2v) is 6.43. The van der Waals surface area contributed by atoms with Crippen molar-refractivity contribution in [2.24, 2.45) is 0 Å². The van der Waals surface area contributed by atoms with Gasteiger partial charge in [0.05, 0.1) is 0 Å². The lowest BCUT2D eigenvalue weighted by Gasteiger charge is -2.25. The molecular weight excluding hydrogens is 297 g/mol. The van der Waals surface area contributed by atoms with Crippen molar-refractivity contribution in [2.75, 3.05) is 0 Å². The highest BCUT2D eigenvalue weighted by molar-refractivity contribution is 5.36. The Bertz CT molecular complexity index is 706. The number of aryl methyl sites for hydroxylation is 2. The summed E-state index contributed by atoms with van der Waals surface area (Å²) in [6, 6.07) is 8.05. The zero-order valence-electron chi connectivity index (χ0n) is 13.3. The number of hydrogen-bond donors (Lipinski definition) is 0. The number of hydrogen-bond acceptors (Lipinski definition) is 0. The summed E-state index contributed by atoms with van der Waals surface area (Å²) in [7, 11) is 0.